The molecule has 0 aliphatic carbocycles. The minimum Gasteiger partial charge on any atom is -0.313 e. The van der Waals surface area contributed by atoms with E-state index in [-0.39, 0.29) is 10.8 Å². The monoisotopic (exact) mass is 255 g/mol. The van der Waals surface area contributed by atoms with Crippen LogP contribution in [0.3, 0.4) is 0 Å². The van der Waals surface area contributed by atoms with Crippen molar-refractivity contribution in [2.75, 3.05) is 6.54 Å². The molecule has 0 amide bonds. The van der Waals surface area contributed by atoms with Gasteiger partial charge in [0, 0.05) is 6.54 Å². The molecule has 0 bridgehead atoms. The lowest BCUT2D eigenvalue weighted by atomic mass is 10.2. The molecule has 1 nitrogen and oxygen atoms in total. The number of nitrogens with one attached hydrogen (secondary N) is 1. The van der Waals surface area contributed by atoms with Gasteiger partial charge in [-0.3, -0.25) is 0 Å². The predicted octanol–water partition coefficient (Wildman–Crippen LogP) is 4.32. The number of rotatable bonds is 8. The van der Waals surface area contributed by atoms with E-state index in [4.69, 9.17) is 11.6 Å². The van der Waals surface area contributed by atoms with Crippen LogP contribution in [0.2, 0.25) is 5.02 Å². The van der Waals surface area contributed by atoms with Crippen molar-refractivity contribution in [2.45, 2.75) is 32.2 Å². The van der Waals surface area contributed by atoms with Gasteiger partial charge in [-0.25, -0.2) is 4.39 Å². The first-order chi connectivity index (χ1) is 8.24. The molecule has 1 aromatic rings. The van der Waals surface area contributed by atoms with Gasteiger partial charge in [-0.2, -0.15) is 0 Å². The van der Waals surface area contributed by atoms with Crippen LogP contribution in [0.1, 0.15) is 31.2 Å². The first-order valence-corrected chi connectivity index (χ1v) is 6.37. The van der Waals surface area contributed by atoms with Crippen LogP contribution in [0.15, 0.2) is 30.9 Å². The van der Waals surface area contributed by atoms with Crippen molar-refractivity contribution >= 4 is 11.6 Å². The molecule has 1 rings (SSSR count). The van der Waals surface area contributed by atoms with E-state index in [1.165, 1.54) is 18.9 Å². The molecular weight excluding hydrogens is 237 g/mol. The average Bonchev–Trinajstić information content (AvgIpc) is 2.32. The summed E-state index contributed by atoms with van der Waals surface area (Å²) in [6.07, 6.45) is 6.61. The summed E-state index contributed by atoms with van der Waals surface area (Å²) >= 11 is 5.70. The fourth-order valence-corrected chi connectivity index (χ4v) is 1.80. The molecule has 0 saturated carbocycles. The summed E-state index contributed by atoms with van der Waals surface area (Å²) < 4.78 is 12.9. The molecule has 0 aliphatic rings. The number of hydrogen-bond acceptors (Lipinski definition) is 1. The maximum absolute atomic E-state index is 12.9. The lowest BCUT2D eigenvalue weighted by Crippen LogP contribution is -2.14. The quantitative estimate of drug-likeness (QED) is 0.539. The normalized spacial score (nSPS) is 10.5. The van der Waals surface area contributed by atoms with E-state index in [1.54, 1.807) is 12.1 Å². The fourth-order valence-electron chi connectivity index (χ4n) is 1.60. The molecule has 0 fully saturated rings. The zero-order valence-corrected chi connectivity index (χ0v) is 10.8. The lowest BCUT2D eigenvalue weighted by Gasteiger charge is -2.05. The van der Waals surface area contributed by atoms with E-state index in [9.17, 15) is 4.39 Å². The molecule has 0 saturated heterocycles. The first-order valence-electron chi connectivity index (χ1n) is 5.99. The van der Waals surface area contributed by atoms with Gasteiger partial charge in [0.25, 0.3) is 0 Å². The Morgan fingerprint density at radius 3 is 2.82 bits per heavy atom. The fraction of sp³-hybridized carbons (Fsp3) is 0.429. The van der Waals surface area contributed by atoms with Crippen LogP contribution < -0.4 is 5.32 Å². The molecule has 94 valence electrons. The lowest BCUT2D eigenvalue weighted by molar-refractivity contribution is 0.603. The molecule has 3 heteroatoms. The largest absolute Gasteiger partial charge is 0.313 e. The van der Waals surface area contributed by atoms with E-state index in [2.05, 4.69) is 11.9 Å². The van der Waals surface area contributed by atoms with E-state index in [1.807, 2.05) is 6.08 Å². The van der Waals surface area contributed by atoms with Crippen molar-refractivity contribution in [3.8, 4) is 0 Å². The Labute approximate surface area is 108 Å². The van der Waals surface area contributed by atoms with Crippen LogP contribution >= 0.6 is 11.6 Å². The highest BCUT2D eigenvalue weighted by atomic mass is 35.5. The molecule has 0 atom stereocenters. The number of halogens is 2. The van der Waals surface area contributed by atoms with Crippen molar-refractivity contribution in [1.29, 1.82) is 0 Å². The number of benzene rings is 1. The smallest absolute Gasteiger partial charge is 0.141 e. The summed E-state index contributed by atoms with van der Waals surface area (Å²) in [5, 5.41) is 3.51. The summed E-state index contributed by atoms with van der Waals surface area (Å²) in [6, 6.07) is 4.83. The molecule has 0 aliphatic heterocycles. The Morgan fingerprint density at radius 2 is 2.12 bits per heavy atom. The van der Waals surface area contributed by atoms with Gasteiger partial charge in [0.1, 0.15) is 5.82 Å². The number of hydrogen-bond donors (Lipinski definition) is 1. The van der Waals surface area contributed by atoms with E-state index in [0.29, 0.717) is 0 Å². The summed E-state index contributed by atoms with van der Waals surface area (Å²) in [5.74, 6) is -0.361. The standard InChI is InChI=1S/C14H19ClFN/c1-2-3-4-5-6-9-17-11-12-7-8-14(16)13(15)10-12/h2,7-8,10,17H,1,3-6,9,11H2. The topological polar surface area (TPSA) is 12.0 Å². The zero-order chi connectivity index (χ0) is 12.5. The van der Waals surface area contributed by atoms with Gasteiger partial charge >= 0.3 is 0 Å². The molecule has 1 N–H and O–H groups in total. The third kappa shape index (κ3) is 5.85. The molecule has 0 aromatic heterocycles. The maximum atomic E-state index is 12.9. The highest BCUT2D eigenvalue weighted by molar-refractivity contribution is 6.30. The Bertz CT molecular complexity index is 352. The molecule has 0 spiro atoms. The van der Waals surface area contributed by atoms with Crippen LogP contribution in [0.25, 0.3) is 0 Å². The minimum atomic E-state index is -0.361. The highest BCUT2D eigenvalue weighted by Gasteiger charge is 2.00. The summed E-state index contributed by atoms with van der Waals surface area (Å²) in [4.78, 5) is 0. The number of unbranched alkanes of at least 4 members (excludes halogenated alkanes) is 3. The second-order valence-electron chi connectivity index (χ2n) is 4.06. The second-order valence-corrected chi connectivity index (χ2v) is 4.47. The van der Waals surface area contributed by atoms with Crippen molar-refractivity contribution < 1.29 is 4.39 Å². The van der Waals surface area contributed by atoms with Crippen molar-refractivity contribution in [3.05, 3.63) is 47.3 Å². The summed E-state index contributed by atoms with van der Waals surface area (Å²) in [7, 11) is 0. The molecule has 0 radical (unpaired) electrons. The van der Waals surface area contributed by atoms with Crippen LogP contribution in [-0.4, -0.2) is 6.54 Å². The van der Waals surface area contributed by atoms with Gasteiger partial charge in [-0.15, -0.1) is 6.58 Å². The van der Waals surface area contributed by atoms with Gasteiger partial charge in [-0.05, 0) is 43.5 Å². The molecule has 17 heavy (non-hydrogen) atoms. The van der Waals surface area contributed by atoms with Crippen molar-refractivity contribution in [1.82, 2.24) is 5.32 Å². The second kappa shape index (κ2) is 8.26. The van der Waals surface area contributed by atoms with Crippen LogP contribution in [-0.2, 0) is 6.54 Å². The molecule has 0 unspecified atom stereocenters. The Hall–Kier alpha value is -0.860. The van der Waals surface area contributed by atoms with E-state index < -0.39 is 0 Å². The number of allylic oxidation sites excluding steroid dienone is 1. The Kier molecular flexibility index (Phi) is 6.90. The minimum absolute atomic E-state index is 0.190. The van der Waals surface area contributed by atoms with Crippen molar-refractivity contribution in [3.63, 3.8) is 0 Å². The molecule has 1 aromatic carbocycles. The Balaban J connectivity index is 2.13. The first kappa shape index (κ1) is 14.2. The predicted molar refractivity (Wildman–Crippen MR) is 71.8 cm³/mol. The van der Waals surface area contributed by atoms with Crippen molar-refractivity contribution in [2.24, 2.45) is 0 Å². The Morgan fingerprint density at radius 1 is 1.29 bits per heavy atom. The van der Waals surface area contributed by atoms with E-state index in [0.717, 1.165) is 31.5 Å². The van der Waals surface area contributed by atoms with Gasteiger partial charge in [0.2, 0.25) is 0 Å². The SMILES string of the molecule is C=CCCCCCNCc1ccc(F)c(Cl)c1. The van der Waals surface area contributed by atoms with Crippen LogP contribution in [0, 0.1) is 5.82 Å². The van der Waals surface area contributed by atoms with Gasteiger partial charge in [0.15, 0.2) is 0 Å². The average molecular weight is 256 g/mol. The third-order valence-corrected chi connectivity index (χ3v) is 2.86. The summed E-state index contributed by atoms with van der Waals surface area (Å²) in [6.45, 7) is 5.41. The van der Waals surface area contributed by atoms with Gasteiger partial charge in [-0.1, -0.05) is 30.2 Å². The summed E-state index contributed by atoms with van der Waals surface area (Å²) in [5.41, 5.74) is 1.02. The van der Waals surface area contributed by atoms with Gasteiger partial charge in [0.05, 0.1) is 5.02 Å². The molecular formula is C14H19ClFN. The molecule has 0 heterocycles. The highest BCUT2D eigenvalue weighted by Crippen LogP contribution is 2.15. The van der Waals surface area contributed by atoms with Crippen LogP contribution in [0.5, 0.6) is 0 Å². The van der Waals surface area contributed by atoms with Crippen LogP contribution in [0.4, 0.5) is 4.39 Å². The maximum Gasteiger partial charge on any atom is 0.141 e. The van der Waals surface area contributed by atoms with E-state index >= 15 is 0 Å². The zero-order valence-electron chi connectivity index (χ0n) is 10.0. The third-order valence-electron chi connectivity index (χ3n) is 2.57. The van der Waals surface area contributed by atoms with Gasteiger partial charge < -0.3 is 5.32 Å².